The molecule has 156 valence electrons. The number of ether oxygens (including phenoxy) is 2. The van der Waals surface area contributed by atoms with Gasteiger partial charge in [0.1, 0.15) is 16.8 Å². The zero-order valence-electron chi connectivity index (χ0n) is 16.4. The van der Waals surface area contributed by atoms with Crippen molar-refractivity contribution >= 4 is 15.9 Å². The fraction of sp³-hybridized carbons (Fsp3) is 0.350. The second-order valence-electron chi connectivity index (χ2n) is 7.16. The normalized spacial score (nSPS) is 14.1. The molecule has 1 aliphatic rings. The number of likely N-dealkylation sites (N-methyl/N-ethyl adjacent to an activating group) is 1. The van der Waals surface area contributed by atoms with Crippen LogP contribution in [0.1, 0.15) is 19.4 Å². The molecule has 0 aliphatic carbocycles. The van der Waals surface area contributed by atoms with E-state index in [4.69, 9.17) is 9.47 Å². The molecular formula is C20H23FN2O5S. The van der Waals surface area contributed by atoms with Crippen LogP contribution in [-0.2, 0) is 21.4 Å². The van der Waals surface area contributed by atoms with E-state index in [-0.39, 0.29) is 19.3 Å². The number of nitrogens with one attached hydrogen (secondary N) is 1. The molecule has 0 aromatic heterocycles. The first-order valence-electron chi connectivity index (χ1n) is 9.09. The lowest BCUT2D eigenvalue weighted by molar-refractivity contribution is -0.133. The van der Waals surface area contributed by atoms with Crippen molar-refractivity contribution in [3.63, 3.8) is 0 Å². The third-order valence-electron chi connectivity index (χ3n) is 4.57. The molecule has 29 heavy (non-hydrogen) atoms. The van der Waals surface area contributed by atoms with Gasteiger partial charge < -0.3 is 14.4 Å². The Balaban J connectivity index is 1.76. The minimum atomic E-state index is -4.20. The SMILES string of the molecule is CC(C)[C@@H](NS(=O)(=O)c1ccccc1F)C(=O)N(C)Cc1ccc2c(c1)OCO2. The van der Waals surface area contributed by atoms with E-state index in [0.29, 0.717) is 11.5 Å². The Morgan fingerprint density at radius 1 is 1.17 bits per heavy atom. The van der Waals surface area contributed by atoms with Crippen LogP contribution in [0.2, 0.25) is 0 Å². The van der Waals surface area contributed by atoms with Crippen molar-refractivity contribution in [2.45, 2.75) is 31.3 Å². The summed E-state index contributed by atoms with van der Waals surface area (Å²) >= 11 is 0. The fourth-order valence-electron chi connectivity index (χ4n) is 2.99. The van der Waals surface area contributed by atoms with Gasteiger partial charge in [-0.05, 0) is 35.7 Å². The number of halogens is 1. The molecule has 0 radical (unpaired) electrons. The number of hydrogen-bond acceptors (Lipinski definition) is 5. The number of carbonyl (C=O) groups is 1. The zero-order valence-corrected chi connectivity index (χ0v) is 17.2. The lowest BCUT2D eigenvalue weighted by Crippen LogP contribution is -2.50. The van der Waals surface area contributed by atoms with Crippen LogP contribution in [0.15, 0.2) is 47.4 Å². The third-order valence-corrected chi connectivity index (χ3v) is 6.05. The third kappa shape index (κ3) is 4.68. The van der Waals surface area contributed by atoms with Crippen molar-refractivity contribution in [1.82, 2.24) is 9.62 Å². The summed E-state index contributed by atoms with van der Waals surface area (Å²) in [6, 6.07) is 9.36. The lowest BCUT2D eigenvalue weighted by atomic mass is 10.0. The molecule has 3 rings (SSSR count). The van der Waals surface area contributed by atoms with Gasteiger partial charge >= 0.3 is 0 Å². The highest BCUT2D eigenvalue weighted by molar-refractivity contribution is 7.89. The largest absolute Gasteiger partial charge is 0.454 e. The molecule has 2 aromatic carbocycles. The van der Waals surface area contributed by atoms with E-state index in [9.17, 15) is 17.6 Å². The Morgan fingerprint density at radius 2 is 1.86 bits per heavy atom. The Labute approximate surface area is 169 Å². The van der Waals surface area contributed by atoms with E-state index in [1.807, 2.05) is 6.07 Å². The Hall–Kier alpha value is -2.65. The average Bonchev–Trinajstić information content (AvgIpc) is 3.13. The van der Waals surface area contributed by atoms with Gasteiger partial charge in [-0.1, -0.05) is 32.0 Å². The van der Waals surface area contributed by atoms with Crippen LogP contribution in [0.25, 0.3) is 0 Å². The molecule has 1 amide bonds. The first kappa shape index (κ1) is 21.1. The van der Waals surface area contributed by atoms with Gasteiger partial charge in [-0.3, -0.25) is 4.79 Å². The molecule has 9 heteroatoms. The molecule has 0 saturated carbocycles. The first-order chi connectivity index (χ1) is 13.7. The average molecular weight is 422 g/mol. The Kier molecular flexibility index (Phi) is 6.09. The number of benzene rings is 2. The summed E-state index contributed by atoms with van der Waals surface area (Å²) in [7, 11) is -2.62. The lowest BCUT2D eigenvalue weighted by Gasteiger charge is -2.27. The minimum Gasteiger partial charge on any atom is -0.454 e. The molecule has 0 saturated heterocycles. The molecule has 1 aliphatic heterocycles. The summed E-state index contributed by atoms with van der Waals surface area (Å²) in [5.74, 6) is -0.394. The summed E-state index contributed by atoms with van der Waals surface area (Å²) < 4.78 is 52.2. The van der Waals surface area contributed by atoms with E-state index in [1.54, 1.807) is 33.0 Å². The first-order valence-corrected chi connectivity index (χ1v) is 10.6. The molecule has 1 heterocycles. The van der Waals surface area contributed by atoms with Crippen LogP contribution in [-0.4, -0.2) is 39.1 Å². The molecule has 0 unspecified atom stereocenters. The fourth-order valence-corrected chi connectivity index (χ4v) is 4.41. The van der Waals surface area contributed by atoms with E-state index in [0.717, 1.165) is 17.7 Å². The van der Waals surface area contributed by atoms with Crippen LogP contribution in [0, 0.1) is 11.7 Å². The quantitative estimate of drug-likeness (QED) is 0.741. The van der Waals surface area contributed by atoms with Crippen LogP contribution in [0.3, 0.4) is 0 Å². The summed E-state index contributed by atoms with van der Waals surface area (Å²) in [6.07, 6.45) is 0. The Bertz CT molecular complexity index is 1010. The van der Waals surface area contributed by atoms with Gasteiger partial charge in [0, 0.05) is 13.6 Å². The van der Waals surface area contributed by atoms with Gasteiger partial charge in [-0.25, -0.2) is 12.8 Å². The van der Waals surface area contributed by atoms with Crippen molar-refractivity contribution in [2.24, 2.45) is 5.92 Å². The maximum atomic E-state index is 14.0. The van der Waals surface area contributed by atoms with Crippen molar-refractivity contribution in [3.05, 3.63) is 53.8 Å². The molecule has 0 bridgehead atoms. The highest BCUT2D eigenvalue weighted by atomic mass is 32.2. The van der Waals surface area contributed by atoms with Crippen molar-refractivity contribution in [1.29, 1.82) is 0 Å². The number of fused-ring (bicyclic) bond motifs is 1. The second-order valence-corrected chi connectivity index (χ2v) is 8.84. The molecule has 0 fully saturated rings. The monoisotopic (exact) mass is 422 g/mol. The standard InChI is InChI=1S/C20H23FN2O5S/c1-13(2)19(22-29(25,26)18-7-5-4-6-15(18)21)20(24)23(3)11-14-8-9-16-17(10-14)28-12-27-16/h4-10,13,19,22H,11-12H2,1-3H3/t19-/m1/s1. The maximum Gasteiger partial charge on any atom is 0.244 e. The number of rotatable bonds is 7. The molecular weight excluding hydrogens is 399 g/mol. The van der Waals surface area contributed by atoms with E-state index in [2.05, 4.69) is 4.72 Å². The van der Waals surface area contributed by atoms with E-state index >= 15 is 0 Å². The Morgan fingerprint density at radius 3 is 2.55 bits per heavy atom. The van der Waals surface area contributed by atoms with Crippen molar-refractivity contribution in [2.75, 3.05) is 13.8 Å². The van der Waals surface area contributed by atoms with Crippen LogP contribution in [0.5, 0.6) is 11.5 Å². The predicted octanol–water partition coefficient (Wildman–Crippen LogP) is 2.52. The summed E-state index contributed by atoms with van der Waals surface area (Å²) in [5.41, 5.74) is 0.810. The minimum absolute atomic E-state index is 0.154. The topological polar surface area (TPSA) is 84.9 Å². The number of hydrogen-bond donors (Lipinski definition) is 1. The van der Waals surface area contributed by atoms with Gasteiger partial charge in [0.25, 0.3) is 0 Å². The van der Waals surface area contributed by atoms with Gasteiger partial charge in [-0.2, -0.15) is 4.72 Å². The van der Waals surface area contributed by atoms with Gasteiger partial charge in [0.2, 0.25) is 22.7 Å². The highest BCUT2D eigenvalue weighted by Crippen LogP contribution is 2.32. The van der Waals surface area contributed by atoms with Gasteiger partial charge in [0.15, 0.2) is 11.5 Å². The summed E-state index contributed by atoms with van der Waals surface area (Å²) in [4.78, 5) is 13.9. The molecule has 1 N–H and O–H groups in total. The number of amides is 1. The highest BCUT2D eigenvalue weighted by Gasteiger charge is 2.31. The van der Waals surface area contributed by atoms with Crippen molar-refractivity contribution in [3.8, 4) is 11.5 Å². The number of nitrogens with zero attached hydrogens (tertiary/aromatic N) is 1. The van der Waals surface area contributed by atoms with Gasteiger partial charge in [0.05, 0.1) is 0 Å². The molecule has 7 nitrogen and oxygen atoms in total. The number of carbonyl (C=O) groups excluding carboxylic acids is 1. The summed E-state index contributed by atoms with van der Waals surface area (Å²) in [5, 5.41) is 0. The van der Waals surface area contributed by atoms with Crippen LogP contribution >= 0.6 is 0 Å². The zero-order chi connectivity index (χ0) is 21.2. The van der Waals surface area contributed by atoms with Crippen LogP contribution < -0.4 is 14.2 Å². The molecule has 0 spiro atoms. The predicted molar refractivity (Wildman–Crippen MR) is 104 cm³/mol. The van der Waals surface area contributed by atoms with E-state index < -0.39 is 32.7 Å². The molecule has 2 aromatic rings. The van der Waals surface area contributed by atoms with Crippen molar-refractivity contribution < 1.29 is 27.1 Å². The summed E-state index contributed by atoms with van der Waals surface area (Å²) in [6.45, 7) is 3.85. The number of sulfonamides is 1. The molecule has 1 atom stereocenters. The maximum absolute atomic E-state index is 14.0. The van der Waals surface area contributed by atoms with Gasteiger partial charge in [-0.15, -0.1) is 0 Å². The van der Waals surface area contributed by atoms with Crippen LogP contribution in [0.4, 0.5) is 4.39 Å². The second kappa shape index (κ2) is 8.38. The smallest absolute Gasteiger partial charge is 0.244 e. The van der Waals surface area contributed by atoms with E-state index in [1.165, 1.54) is 17.0 Å².